The quantitative estimate of drug-likeness (QED) is 0.598. The number of halogens is 2. The van der Waals surface area contributed by atoms with Crippen molar-refractivity contribution in [1.82, 2.24) is 5.01 Å². The second-order valence-electron chi connectivity index (χ2n) is 4.31. The van der Waals surface area contributed by atoms with E-state index in [1.54, 1.807) is 11.2 Å². The zero-order valence-electron chi connectivity index (χ0n) is 10.8. The second kappa shape index (κ2) is 6.09. The molecule has 19 heavy (non-hydrogen) atoms. The van der Waals surface area contributed by atoms with Crippen molar-refractivity contribution in [3.8, 4) is 11.1 Å². The minimum absolute atomic E-state index is 0.529. The molecular weight excluding hydrogens is 279 g/mol. The molecule has 0 heterocycles. The first-order valence-electron chi connectivity index (χ1n) is 5.83. The van der Waals surface area contributed by atoms with Gasteiger partial charge >= 0.3 is 0 Å². The van der Waals surface area contributed by atoms with Gasteiger partial charge in [-0.2, -0.15) is 5.10 Å². The first-order chi connectivity index (χ1) is 9.08. The van der Waals surface area contributed by atoms with Crippen molar-refractivity contribution in [3.05, 3.63) is 58.1 Å². The van der Waals surface area contributed by atoms with Crippen LogP contribution in [0.2, 0.25) is 10.0 Å². The van der Waals surface area contributed by atoms with Crippen LogP contribution in [0.4, 0.5) is 0 Å². The molecule has 0 unspecified atom stereocenters. The van der Waals surface area contributed by atoms with Crippen LogP contribution in [-0.2, 0) is 0 Å². The summed E-state index contributed by atoms with van der Waals surface area (Å²) in [5, 5.41) is 7.07. The smallest absolute Gasteiger partial charge is 0.0599 e. The first-order valence-corrected chi connectivity index (χ1v) is 6.59. The van der Waals surface area contributed by atoms with Gasteiger partial charge in [0.15, 0.2) is 0 Å². The minimum Gasteiger partial charge on any atom is -0.303 e. The molecule has 0 fully saturated rings. The second-order valence-corrected chi connectivity index (χ2v) is 5.13. The van der Waals surface area contributed by atoms with Crippen molar-refractivity contribution < 1.29 is 0 Å². The van der Waals surface area contributed by atoms with Gasteiger partial charge in [0.05, 0.1) is 16.3 Å². The minimum atomic E-state index is 0.529. The van der Waals surface area contributed by atoms with Gasteiger partial charge in [-0.15, -0.1) is 0 Å². The maximum Gasteiger partial charge on any atom is 0.0599 e. The molecule has 0 spiro atoms. The molecule has 0 aliphatic carbocycles. The van der Waals surface area contributed by atoms with E-state index in [0.717, 1.165) is 16.7 Å². The largest absolute Gasteiger partial charge is 0.303 e. The number of benzene rings is 2. The van der Waals surface area contributed by atoms with E-state index < -0.39 is 0 Å². The third-order valence-electron chi connectivity index (χ3n) is 2.61. The van der Waals surface area contributed by atoms with Gasteiger partial charge in [0.2, 0.25) is 0 Å². The molecule has 4 heteroatoms. The molecule has 2 rings (SSSR count). The number of hydrogen-bond acceptors (Lipinski definition) is 2. The SMILES string of the molecule is CN(C)/N=C/c1cc(Cl)c(Cl)cc1-c1ccccc1. The maximum absolute atomic E-state index is 6.11. The van der Waals surface area contributed by atoms with Gasteiger partial charge < -0.3 is 5.01 Å². The van der Waals surface area contributed by atoms with E-state index in [1.807, 2.05) is 56.6 Å². The number of nitrogens with zero attached hydrogens (tertiary/aromatic N) is 2. The van der Waals surface area contributed by atoms with Crippen LogP contribution in [0.5, 0.6) is 0 Å². The summed E-state index contributed by atoms with van der Waals surface area (Å²) in [7, 11) is 3.74. The fourth-order valence-corrected chi connectivity index (χ4v) is 2.05. The fourth-order valence-electron chi connectivity index (χ4n) is 1.71. The van der Waals surface area contributed by atoms with Gasteiger partial charge in [0, 0.05) is 19.7 Å². The molecule has 0 saturated heterocycles. The molecule has 0 aliphatic rings. The first kappa shape index (κ1) is 13.9. The molecule has 0 atom stereocenters. The van der Waals surface area contributed by atoms with Crippen LogP contribution in [0.15, 0.2) is 47.6 Å². The third-order valence-corrected chi connectivity index (χ3v) is 3.33. The van der Waals surface area contributed by atoms with Crippen LogP contribution < -0.4 is 0 Å². The highest BCUT2D eigenvalue weighted by Crippen LogP contribution is 2.31. The summed E-state index contributed by atoms with van der Waals surface area (Å²) in [6.45, 7) is 0. The maximum atomic E-state index is 6.11. The summed E-state index contributed by atoms with van der Waals surface area (Å²) in [5.41, 5.74) is 3.04. The Morgan fingerprint density at radius 1 is 1.00 bits per heavy atom. The van der Waals surface area contributed by atoms with Crippen molar-refractivity contribution in [2.75, 3.05) is 14.1 Å². The molecule has 2 nitrogen and oxygen atoms in total. The van der Waals surface area contributed by atoms with Gasteiger partial charge in [0.25, 0.3) is 0 Å². The number of hydrogen-bond donors (Lipinski definition) is 0. The van der Waals surface area contributed by atoms with Gasteiger partial charge in [-0.25, -0.2) is 0 Å². The molecule has 2 aromatic rings. The van der Waals surface area contributed by atoms with Gasteiger partial charge in [-0.3, -0.25) is 0 Å². The monoisotopic (exact) mass is 292 g/mol. The molecule has 0 saturated carbocycles. The average Bonchev–Trinajstić information content (AvgIpc) is 2.40. The summed E-state index contributed by atoms with van der Waals surface area (Å²) in [5.74, 6) is 0. The Morgan fingerprint density at radius 3 is 2.26 bits per heavy atom. The fraction of sp³-hybridized carbons (Fsp3) is 0.133. The Hall–Kier alpha value is -1.51. The number of hydrazone groups is 1. The molecule has 98 valence electrons. The molecule has 2 aromatic carbocycles. The third kappa shape index (κ3) is 3.49. The molecule has 0 amide bonds. The normalized spacial score (nSPS) is 10.9. The van der Waals surface area contributed by atoms with Crippen molar-refractivity contribution >= 4 is 29.4 Å². The Bertz CT molecular complexity index is 593. The van der Waals surface area contributed by atoms with Crippen molar-refractivity contribution in [1.29, 1.82) is 0 Å². The predicted molar refractivity (Wildman–Crippen MR) is 83.2 cm³/mol. The summed E-state index contributed by atoms with van der Waals surface area (Å²) >= 11 is 12.2. The Balaban J connectivity index is 2.55. The Labute approximate surface area is 123 Å². The highest BCUT2D eigenvalue weighted by molar-refractivity contribution is 6.42. The molecule has 0 bridgehead atoms. The van der Waals surface area contributed by atoms with Crippen LogP contribution in [0.25, 0.3) is 11.1 Å². The number of rotatable bonds is 3. The van der Waals surface area contributed by atoms with E-state index in [2.05, 4.69) is 5.10 Å². The summed E-state index contributed by atoms with van der Waals surface area (Å²) in [6, 6.07) is 13.7. The van der Waals surface area contributed by atoms with E-state index >= 15 is 0 Å². The van der Waals surface area contributed by atoms with E-state index in [1.165, 1.54) is 0 Å². The van der Waals surface area contributed by atoms with E-state index in [0.29, 0.717) is 10.0 Å². The van der Waals surface area contributed by atoms with Crippen LogP contribution in [0.3, 0.4) is 0 Å². The zero-order valence-corrected chi connectivity index (χ0v) is 12.3. The topological polar surface area (TPSA) is 15.6 Å². The summed E-state index contributed by atoms with van der Waals surface area (Å²) in [4.78, 5) is 0. The lowest BCUT2D eigenvalue weighted by atomic mass is 10.0. The molecule has 0 radical (unpaired) electrons. The molecular formula is C15H14Cl2N2. The van der Waals surface area contributed by atoms with Crippen LogP contribution in [-0.4, -0.2) is 25.3 Å². The lowest BCUT2D eigenvalue weighted by Gasteiger charge is -2.09. The van der Waals surface area contributed by atoms with Crippen molar-refractivity contribution in [3.63, 3.8) is 0 Å². The van der Waals surface area contributed by atoms with E-state index in [4.69, 9.17) is 23.2 Å². The van der Waals surface area contributed by atoms with Crippen LogP contribution in [0.1, 0.15) is 5.56 Å². The predicted octanol–water partition coefficient (Wildman–Crippen LogP) is 4.56. The van der Waals surface area contributed by atoms with E-state index in [-0.39, 0.29) is 0 Å². The lowest BCUT2D eigenvalue weighted by Crippen LogP contribution is -2.02. The summed E-state index contributed by atoms with van der Waals surface area (Å²) < 4.78 is 0. The Kier molecular flexibility index (Phi) is 4.46. The molecule has 0 N–H and O–H groups in total. The van der Waals surface area contributed by atoms with Crippen molar-refractivity contribution in [2.24, 2.45) is 5.10 Å². The van der Waals surface area contributed by atoms with Gasteiger partial charge in [-0.1, -0.05) is 53.5 Å². The molecule has 0 aliphatic heterocycles. The zero-order chi connectivity index (χ0) is 13.8. The summed E-state index contributed by atoms with van der Waals surface area (Å²) in [6.07, 6.45) is 1.78. The lowest BCUT2D eigenvalue weighted by molar-refractivity contribution is 0.440. The van der Waals surface area contributed by atoms with Crippen molar-refractivity contribution in [2.45, 2.75) is 0 Å². The Morgan fingerprint density at radius 2 is 1.63 bits per heavy atom. The molecule has 0 aromatic heterocycles. The van der Waals surface area contributed by atoms with E-state index in [9.17, 15) is 0 Å². The van der Waals surface area contributed by atoms with Crippen LogP contribution >= 0.6 is 23.2 Å². The highest BCUT2D eigenvalue weighted by atomic mass is 35.5. The van der Waals surface area contributed by atoms with Gasteiger partial charge in [0.1, 0.15) is 0 Å². The van der Waals surface area contributed by atoms with Gasteiger partial charge in [-0.05, 0) is 23.3 Å². The van der Waals surface area contributed by atoms with Crippen LogP contribution in [0, 0.1) is 0 Å². The highest BCUT2D eigenvalue weighted by Gasteiger charge is 2.08. The standard InChI is InChI=1S/C15H14Cl2N2/c1-19(2)18-10-12-8-14(16)15(17)9-13(12)11-6-4-3-5-7-11/h3-10H,1-2H3/b18-10+. The average molecular weight is 293 g/mol.